The van der Waals surface area contributed by atoms with Gasteiger partial charge in [0.05, 0.1) is 11.3 Å². The predicted octanol–water partition coefficient (Wildman–Crippen LogP) is 4.53. The molecular formula is C23H21ClN4O3. The minimum atomic E-state index is -0.424. The number of amides is 3. The number of aromatic nitrogens is 1. The fourth-order valence-corrected chi connectivity index (χ4v) is 2.98. The van der Waals surface area contributed by atoms with Crippen LogP contribution in [0.2, 0.25) is 5.02 Å². The third-order valence-corrected chi connectivity index (χ3v) is 4.86. The lowest BCUT2D eigenvalue weighted by atomic mass is 10.1. The van der Waals surface area contributed by atoms with Crippen LogP contribution in [0, 0.1) is 6.92 Å². The third-order valence-electron chi connectivity index (χ3n) is 4.62. The molecule has 3 rings (SSSR count). The summed E-state index contributed by atoms with van der Waals surface area (Å²) in [4.78, 5) is 42.6. The topological polar surface area (TPSA) is 91.4 Å². The second-order valence-electron chi connectivity index (χ2n) is 6.94. The van der Waals surface area contributed by atoms with E-state index in [1.54, 1.807) is 55.6 Å². The first kappa shape index (κ1) is 22.0. The van der Waals surface area contributed by atoms with Crippen molar-refractivity contribution < 1.29 is 14.4 Å². The quantitative estimate of drug-likeness (QED) is 0.614. The van der Waals surface area contributed by atoms with E-state index in [1.165, 1.54) is 24.1 Å². The molecule has 158 valence electrons. The van der Waals surface area contributed by atoms with Crippen molar-refractivity contribution in [3.63, 3.8) is 0 Å². The zero-order valence-electron chi connectivity index (χ0n) is 17.3. The molecule has 0 aliphatic carbocycles. The van der Waals surface area contributed by atoms with Crippen molar-refractivity contribution in [2.24, 2.45) is 0 Å². The van der Waals surface area contributed by atoms with Crippen LogP contribution in [0.5, 0.6) is 0 Å². The van der Waals surface area contributed by atoms with E-state index in [0.717, 1.165) is 5.56 Å². The monoisotopic (exact) mass is 436 g/mol. The number of benzene rings is 2. The van der Waals surface area contributed by atoms with E-state index >= 15 is 0 Å². The molecule has 0 saturated heterocycles. The Kier molecular flexibility index (Phi) is 6.67. The Morgan fingerprint density at radius 1 is 0.935 bits per heavy atom. The molecular weight excluding hydrogens is 416 g/mol. The van der Waals surface area contributed by atoms with Gasteiger partial charge in [0.15, 0.2) is 0 Å². The van der Waals surface area contributed by atoms with Crippen LogP contribution in [-0.2, 0) is 4.79 Å². The van der Waals surface area contributed by atoms with Crippen LogP contribution in [0.15, 0.2) is 60.8 Å². The number of nitrogens with zero attached hydrogens (tertiary/aromatic N) is 2. The van der Waals surface area contributed by atoms with Gasteiger partial charge >= 0.3 is 0 Å². The maximum absolute atomic E-state index is 12.8. The number of carbonyl (C=O) groups excluding carboxylic acids is 3. The Labute approximate surface area is 185 Å². The van der Waals surface area contributed by atoms with E-state index in [0.29, 0.717) is 33.3 Å². The molecule has 1 heterocycles. The summed E-state index contributed by atoms with van der Waals surface area (Å²) < 4.78 is 0. The number of carbonyl (C=O) groups is 3. The average Bonchev–Trinajstić information content (AvgIpc) is 2.74. The van der Waals surface area contributed by atoms with Gasteiger partial charge < -0.3 is 15.5 Å². The van der Waals surface area contributed by atoms with Gasteiger partial charge in [-0.05, 0) is 55.5 Å². The minimum absolute atomic E-state index is 0.110. The highest BCUT2D eigenvalue weighted by Gasteiger charge is 2.16. The molecule has 0 atom stereocenters. The SMILES string of the molecule is CC(=O)N(C)c1ccc(C(=O)Nc2ccc(C)cc2C(=O)Nc2cc(Cl)ccn2)cc1. The van der Waals surface area contributed by atoms with Gasteiger partial charge in [-0.1, -0.05) is 23.2 Å². The third kappa shape index (κ3) is 5.46. The van der Waals surface area contributed by atoms with Gasteiger partial charge in [0.2, 0.25) is 5.91 Å². The van der Waals surface area contributed by atoms with Gasteiger partial charge in [0, 0.05) is 36.4 Å². The first-order valence-corrected chi connectivity index (χ1v) is 9.81. The molecule has 2 aromatic carbocycles. The fraction of sp³-hybridized carbons (Fsp3) is 0.130. The summed E-state index contributed by atoms with van der Waals surface area (Å²) in [6.45, 7) is 3.31. The van der Waals surface area contributed by atoms with Crippen LogP contribution in [0.4, 0.5) is 17.2 Å². The van der Waals surface area contributed by atoms with Gasteiger partial charge in [-0.2, -0.15) is 0 Å². The summed E-state index contributed by atoms with van der Waals surface area (Å²) in [6.07, 6.45) is 1.49. The maximum Gasteiger partial charge on any atom is 0.258 e. The molecule has 0 aliphatic rings. The summed E-state index contributed by atoms with van der Waals surface area (Å²) in [5.74, 6) is -0.605. The first-order chi connectivity index (χ1) is 14.7. The normalized spacial score (nSPS) is 10.3. The van der Waals surface area contributed by atoms with Crippen molar-refractivity contribution >= 4 is 46.5 Å². The van der Waals surface area contributed by atoms with E-state index in [4.69, 9.17) is 11.6 Å². The van der Waals surface area contributed by atoms with E-state index in [2.05, 4.69) is 15.6 Å². The summed E-state index contributed by atoms with van der Waals surface area (Å²) in [7, 11) is 1.66. The molecule has 7 nitrogen and oxygen atoms in total. The lowest BCUT2D eigenvalue weighted by molar-refractivity contribution is -0.116. The first-order valence-electron chi connectivity index (χ1n) is 9.44. The van der Waals surface area contributed by atoms with Gasteiger partial charge in [-0.15, -0.1) is 0 Å². The second kappa shape index (κ2) is 9.40. The smallest absolute Gasteiger partial charge is 0.258 e. The molecule has 3 aromatic rings. The number of nitrogens with one attached hydrogen (secondary N) is 2. The van der Waals surface area contributed by atoms with Crippen LogP contribution in [0.25, 0.3) is 0 Å². The molecule has 2 N–H and O–H groups in total. The van der Waals surface area contributed by atoms with Crippen LogP contribution >= 0.6 is 11.6 Å². The molecule has 31 heavy (non-hydrogen) atoms. The molecule has 0 aliphatic heterocycles. The number of hydrogen-bond acceptors (Lipinski definition) is 4. The Morgan fingerprint density at radius 3 is 2.29 bits per heavy atom. The van der Waals surface area contributed by atoms with E-state index in [-0.39, 0.29) is 11.8 Å². The fourth-order valence-electron chi connectivity index (χ4n) is 2.82. The van der Waals surface area contributed by atoms with Crippen molar-refractivity contribution in [3.8, 4) is 0 Å². The summed E-state index contributed by atoms with van der Waals surface area (Å²) in [5.41, 5.74) is 2.58. The molecule has 0 saturated carbocycles. The van der Waals surface area contributed by atoms with Gasteiger partial charge in [0.25, 0.3) is 11.8 Å². The molecule has 1 aromatic heterocycles. The largest absolute Gasteiger partial charge is 0.321 e. The molecule has 0 radical (unpaired) electrons. The zero-order valence-corrected chi connectivity index (χ0v) is 18.0. The van der Waals surface area contributed by atoms with Crippen molar-refractivity contribution in [1.82, 2.24) is 4.98 Å². The zero-order chi connectivity index (χ0) is 22.5. The summed E-state index contributed by atoms with van der Waals surface area (Å²) in [6, 6.07) is 14.9. The number of pyridine rings is 1. The molecule has 0 unspecified atom stereocenters. The van der Waals surface area contributed by atoms with Crippen molar-refractivity contribution in [2.75, 3.05) is 22.6 Å². The van der Waals surface area contributed by atoms with Crippen molar-refractivity contribution in [3.05, 3.63) is 82.5 Å². The Bertz CT molecular complexity index is 1150. The Balaban J connectivity index is 1.81. The Hall–Kier alpha value is -3.71. The molecule has 0 spiro atoms. The lowest BCUT2D eigenvalue weighted by Gasteiger charge is -2.15. The number of rotatable bonds is 5. The molecule has 3 amide bonds. The number of halogens is 1. The minimum Gasteiger partial charge on any atom is -0.321 e. The highest BCUT2D eigenvalue weighted by atomic mass is 35.5. The number of aryl methyl sites for hydroxylation is 1. The predicted molar refractivity (Wildman–Crippen MR) is 122 cm³/mol. The van der Waals surface area contributed by atoms with Crippen molar-refractivity contribution in [2.45, 2.75) is 13.8 Å². The number of anilines is 3. The van der Waals surface area contributed by atoms with Gasteiger partial charge in [0.1, 0.15) is 5.82 Å². The van der Waals surface area contributed by atoms with E-state index in [1.807, 2.05) is 6.92 Å². The van der Waals surface area contributed by atoms with Gasteiger partial charge in [-0.3, -0.25) is 14.4 Å². The average molecular weight is 437 g/mol. The number of hydrogen-bond donors (Lipinski definition) is 2. The van der Waals surface area contributed by atoms with Crippen LogP contribution < -0.4 is 15.5 Å². The van der Waals surface area contributed by atoms with Crippen LogP contribution in [-0.4, -0.2) is 29.8 Å². The second-order valence-corrected chi connectivity index (χ2v) is 7.38. The van der Waals surface area contributed by atoms with E-state index in [9.17, 15) is 14.4 Å². The standard InChI is InChI=1S/C23H21ClN4O3/c1-14-4-9-20(19(12-14)23(31)27-21-13-17(24)10-11-25-21)26-22(30)16-5-7-18(8-6-16)28(3)15(2)29/h4-13H,1-3H3,(H,26,30)(H,25,27,31). The summed E-state index contributed by atoms with van der Waals surface area (Å²) >= 11 is 5.95. The lowest BCUT2D eigenvalue weighted by Crippen LogP contribution is -2.23. The molecule has 8 heteroatoms. The van der Waals surface area contributed by atoms with Crippen LogP contribution in [0.3, 0.4) is 0 Å². The maximum atomic E-state index is 12.8. The van der Waals surface area contributed by atoms with E-state index < -0.39 is 5.91 Å². The van der Waals surface area contributed by atoms with Crippen molar-refractivity contribution in [1.29, 1.82) is 0 Å². The van der Waals surface area contributed by atoms with Crippen LogP contribution in [0.1, 0.15) is 33.2 Å². The highest BCUT2D eigenvalue weighted by Crippen LogP contribution is 2.21. The molecule has 0 fully saturated rings. The van der Waals surface area contributed by atoms with Gasteiger partial charge in [-0.25, -0.2) is 4.98 Å². The highest BCUT2D eigenvalue weighted by molar-refractivity contribution is 6.30. The summed E-state index contributed by atoms with van der Waals surface area (Å²) in [5, 5.41) is 5.91. The Morgan fingerprint density at radius 2 is 1.65 bits per heavy atom. The molecule has 0 bridgehead atoms.